The maximum absolute atomic E-state index is 4.48. The van der Waals surface area contributed by atoms with Gasteiger partial charge in [-0.15, -0.1) is 6.58 Å². The number of fused-ring (bicyclic) bond motifs is 3. The molecule has 0 N–H and O–H groups in total. The van der Waals surface area contributed by atoms with Crippen LogP contribution in [0.15, 0.2) is 182 Å². The summed E-state index contributed by atoms with van der Waals surface area (Å²) in [5, 5.41) is 2.63. The fourth-order valence-corrected chi connectivity index (χ4v) is 7.82. The molecule has 2 heteroatoms. The van der Waals surface area contributed by atoms with Crippen molar-refractivity contribution < 1.29 is 0 Å². The van der Waals surface area contributed by atoms with Crippen molar-refractivity contribution >= 4 is 33.2 Å². The van der Waals surface area contributed by atoms with Crippen LogP contribution in [0.25, 0.3) is 44.1 Å². The lowest BCUT2D eigenvalue weighted by atomic mass is 9.80. The molecule has 2 unspecified atom stereocenters. The van der Waals surface area contributed by atoms with Gasteiger partial charge in [0.2, 0.25) is 0 Å². The number of rotatable bonds is 11. The molecule has 0 aliphatic rings. The molecule has 0 bridgehead atoms. The molecule has 2 nitrogen and oxygen atoms in total. The van der Waals surface area contributed by atoms with Gasteiger partial charge < -0.3 is 9.47 Å². The second-order valence-corrected chi connectivity index (χ2v) is 13.5. The first-order chi connectivity index (χ1) is 24.5. The van der Waals surface area contributed by atoms with Crippen molar-refractivity contribution in [2.24, 2.45) is 11.8 Å². The summed E-state index contributed by atoms with van der Waals surface area (Å²) in [6.07, 6.45) is 4.46. The van der Waals surface area contributed by atoms with Crippen LogP contribution in [0, 0.1) is 11.8 Å². The molecule has 0 saturated carbocycles. The number of nitrogens with zero attached hydrogens (tertiary/aromatic N) is 2. The molecule has 248 valence electrons. The zero-order valence-corrected chi connectivity index (χ0v) is 29.6. The third kappa shape index (κ3) is 6.18. The minimum atomic E-state index is -0.0589. The minimum absolute atomic E-state index is 0.0589. The lowest BCUT2D eigenvalue weighted by Gasteiger charge is -2.39. The third-order valence-corrected chi connectivity index (χ3v) is 10.8. The Morgan fingerprint density at radius 2 is 1.06 bits per heavy atom. The monoisotopic (exact) mass is 650 g/mol. The summed E-state index contributed by atoms with van der Waals surface area (Å²) < 4.78 is 2.56. The molecule has 0 aliphatic carbocycles. The van der Waals surface area contributed by atoms with Crippen LogP contribution in [0.2, 0.25) is 0 Å². The van der Waals surface area contributed by atoms with Gasteiger partial charge >= 0.3 is 0 Å². The van der Waals surface area contributed by atoms with Gasteiger partial charge in [0.15, 0.2) is 0 Å². The van der Waals surface area contributed by atoms with Gasteiger partial charge in [-0.2, -0.15) is 0 Å². The molecule has 1 heterocycles. The lowest BCUT2D eigenvalue weighted by molar-refractivity contribution is 0.312. The first kappa shape index (κ1) is 32.9. The van der Waals surface area contributed by atoms with E-state index in [1.54, 1.807) is 0 Å². The average Bonchev–Trinajstić information content (AvgIpc) is 3.52. The molecule has 7 aromatic rings. The zero-order valence-electron chi connectivity index (χ0n) is 29.6. The smallest absolute Gasteiger partial charge is 0.0735 e. The van der Waals surface area contributed by atoms with Crippen molar-refractivity contribution in [3.8, 4) is 22.3 Å². The van der Waals surface area contributed by atoms with E-state index in [4.69, 9.17) is 0 Å². The Bertz CT molecular complexity index is 2190. The minimum Gasteiger partial charge on any atom is -0.337 e. The molecule has 4 atom stereocenters. The molecule has 6 aromatic carbocycles. The fourth-order valence-electron chi connectivity index (χ4n) is 7.82. The van der Waals surface area contributed by atoms with E-state index in [1.165, 1.54) is 49.6 Å². The summed E-state index contributed by atoms with van der Waals surface area (Å²) in [6, 6.07) is 57.0. The average molecular weight is 651 g/mol. The summed E-state index contributed by atoms with van der Waals surface area (Å²) >= 11 is 0. The summed E-state index contributed by atoms with van der Waals surface area (Å²) in [7, 11) is 0. The molecule has 0 fully saturated rings. The quantitative estimate of drug-likeness (QED) is 0.127. The fraction of sp³-hybridized carbons (Fsp3) is 0.167. The molecular formula is C48H46N2. The van der Waals surface area contributed by atoms with Gasteiger partial charge in [-0.1, -0.05) is 147 Å². The van der Waals surface area contributed by atoms with Crippen molar-refractivity contribution in [1.82, 2.24) is 4.57 Å². The highest BCUT2D eigenvalue weighted by atomic mass is 15.2. The number of anilines is 2. The topological polar surface area (TPSA) is 8.17 Å². The van der Waals surface area contributed by atoms with Gasteiger partial charge in [0.25, 0.3) is 0 Å². The maximum Gasteiger partial charge on any atom is 0.0735 e. The number of para-hydroxylation sites is 2. The van der Waals surface area contributed by atoms with E-state index in [9.17, 15) is 0 Å². The Morgan fingerprint density at radius 1 is 0.560 bits per heavy atom. The van der Waals surface area contributed by atoms with Crippen LogP contribution in [0.3, 0.4) is 0 Å². The molecule has 7 rings (SSSR count). The van der Waals surface area contributed by atoms with Crippen LogP contribution in [0.4, 0.5) is 11.4 Å². The number of hydrogen-bond donors (Lipinski definition) is 0. The van der Waals surface area contributed by atoms with Crippen LogP contribution >= 0.6 is 0 Å². The Kier molecular flexibility index (Phi) is 9.54. The van der Waals surface area contributed by atoms with Crippen LogP contribution in [0.5, 0.6) is 0 Å². The predicted octanol–water partition coefficient (Wildman–Crippen LogP) is 13.3. The van der Waals surface area contributed by atoms with Crippen LogP contribution in [-0.4, -0.2) is 10.6 Å². The molecular weight excluding hydrogens is 605 g/mol. The molecule has 0 radical (unpaired) electrons. The van der Waals surface area contributed by atoms with E-state index in [2.05, 4.69) is 214 Å². The molecule has 0 aliphatic heterocycles. The largest absolute Gasteiger partial charge is 0.337 e. The van der Waals surface area contributed by atoms with Crippen LogP contribution in [-0.2, 0) is 0 Å². The van der Waals surface area contributed by atoms with E-state index < -0.39 is 0 Å². The van der Waals surface area contributed by atoms with E-state index in [0.29, 0.717) is 5.92 Å². The highest BCUT2D eigenvalue weighted by Gasteiger charge is 2.31. The normalized spacial score (nSPS) is 14.3. The van der Waals surface area contributed by atoms with Gasteiger partial charge in [-0.25, -0.2) is 0 Å². The highest BCUT2D eigenvalue weighted by Crippen LogP contribution is 2.41. The van der Waals surface area contributed by atoms with Crippen LogP contribution in [0.1, 0.15) is 33.7 Å². The second-order valence-electron chi connectivity index (χ2n) is 13.5. The Morgan fingerprint density at radius 3 is 1.62 bits per heavy atom. The van der Waals surface area contributed by atoms with Gasteiger partial charge in [0.05, 0.1) is 6.04 Å². The van der Waals surface area contributed by atoms with Crippen molar-refractivity contribution in [3.05, 3.63) is 182 Å². The van der Waals surface area contributed by atoms with Crippen LogP contribution < -0.4 is 4.90 Å². The van der Waals surface area contributed by atoms with E-state index in [-0.39, 0.29) is 18.0 Å². The van der Waals surface area contributed by atoms with Crippen molar-refractivity contribution in [3.63, 3.8) is 0 Å². The maximum atomic E-state index is 4.48. The number of aromatic nitrogens is 1. The Hall–Kier alpha value is -5.60. The summed E-state index contributed by atoms with van der Waals surface area (Å²) in [5.41, 5.74) is 11.0. The van der Waals surface area contributed by atoms with Crippen molar-refractivity contribution in [1.29, 1.82) is 0 Å². The standard InChI is InChI=1S/C48H46N2/c1-6-43(35(4)34(3)36(5)49-47-27-16-14-25-44(47)45-26-15-17-28-48(45)49)46(7-2)50(41-31-29-39(30-32-41)37-19-10-8-11-20-37)42-24-18-23-40(33-42)38-21-12-9-13-22-38/h6-36,46H,2H2,1,3-5H3/b43-6+/t34-,35?,36+,46?/m0/s1. The Balaban J connectivity index is 1.29. The molecule has 0 amide bonds. The Labute approximate surface area is 297 Å². The summed E-state index contributed by atoms with van der Waals surface area (Å²) in [6.45, 7) is 13.9. The first-order valence-corrected chi connectivity index (χ1v) is 17.9. The van der Waals surface area contributed by atoms with E-state index >= 15 is 0 Å². The summed E-state index contributed by atoms with van der Waals surface area (Å²) in [4.78, 5) is 2.47. The molecule has 0 spiro atoms. The second kappa shape index (κ2) is 14.5. The van der Waals surface area contributed by atoms with Crippen molar-refractivity contribution in [2.75, 3.05) is 4.90 Å². The highest BCUT2D eigenvalue weighted by molar-refractivity contribution is 6.08. The number of benzene rings is 6. The van der Waals surface area contributed by atoms with Gasteiger partial charge in [0, 0.05) is 39.2 Å². The molecule has 50 heavy (non-hydrogen) atoms. The van der Waals surface area contributed by atoms with Crippen molar-refractivity contribution in [2.45, 2.75) is 39.8 Å². The van der Waals surface area contributed by atoms with E-state index in [1.807, 2.05) is 0 Å². The van der Waals surface area contributed by atoms with Gasteiger partial charge in [-0.05, 0) is 89.9 Å². The molecule has 1 aromatic heterocycles. The van der Waals surface area contributed by atoms with E-state index in [0.717, 1.165) is 11.4 Å². The number of allylic oxidation sites excluding steroid dienone is 1. The lowest BCUT2D eigenvalue weighted by Crippen LogP contribution is -2.35. The zero-order chi connectivity index (χ0) is 34.6. The SMILES string of the molecule is C=CC(/C(=C/C)C(C)[C@H](C)[C@@H](C)n1c2ccccc2c2ccccc21)N(c1ccc(-c2ccccc2)cc1)c1cccc(-c2ccccc2)c1. The number of hydrogen-bond acceptors (Lipinski definition) is 1. The molecule has 0 saturated heterocycles. The van der Waals surface area contributed by atoms with Gasteiger partial charge in [-0.3, -0.25) is 0 Å². The van der Waals surface area contributed by atoms with Gasteiger partial charge in [0.1, 0.15) is 0 Å². The first-order valence-electron chi connectivity index (χ1n) is 17.9. The third-order valence-electron chi connectivity index (χ3n) is 10.8. The summed E-state index contributed by atoms with van der Waals surface area (Å²) in [5.74, 6) is 0.599. The predicted molar refractivity (Wildman–Crippen MR) is 216 cm³/mol.